The van der Waals surface area contributed by atoms with Crippen LogP contribution in [-0.2, 0) is 0 Å². The summed E-state index contributed by atoms with van der Waals surface area (Å²) in [4.78, 5) is 18.0. The molecule has 2 saturated heterocycles. The number of imidazole rings is 1. The molecular weight excluding hydrogens is 448 g/mol. The second-order valence-electron chi connectivity index (χ2n) is 10.3. The summed E-state index contributed by atoms with van der Waals surface area (Å²) in [6.45, 7) is 6.53. The normalized spacial score (nSPS) is 19.1. The van der Waals surface area contributed by atoms with Gasteiger partial charge < -0.3 is 15.2 Å². The van der Waals surface area contributed by atoms with Crippen LogP contribution in [0.15, 0.2) is 48.4 Å². The zero-order valence-corrected chi connectivity index (χ0v) is 20.6. The van der Waals surface area contributed by atoms with Gasteiger partial charge in [0.15, 0.2) is 5.82 Å². The minimum absolute atomic E-state index is 0.778. The summed E-state index contributed by atoms with van der Waals surface area (Å²) in [7, 11) is 0. The van der Waals surface area contributed by atoms with Gasteiger partial charge in [0.05, 0.1) is 29.1 Å². The lowest BCUT2D eigenvalue weighted by molar-refractivity contribution is 0.365. The number of hydrogen-bond donors (Lipinski definition) is 3. The van der Waals surface area contributed by atoms with Gasteiger partial charge in [-0.3, -0.25) is 15.0 Å². The number of aromatic amines is 2. The van der Waals surface area contributed by atoms with Gasteiger partial charge in [-0.1, -0.05) is 12.1 Å². The van der Waals surface area contributed by atoms with E-state index in [1.54, 1.807) is 0 Å². The SMILES string of the molecule is C1=C(CN2CCCC2)CNC=C1c1ccc2[nH]nc(-c3nc4c(N5CCCCC5)cncc4[nH]3)c2c1. The number of pyridine rings is 1. The molecule has 0 atom stereocenters. The molecule has 184 valence electrons. The molecule has 36 heavy (non-hydrogen) atoms. The monoisotopic (exact) mass is 480 g/mol. The lowest BCUT2D eigenvalue weighted by Crippen LogP contribution is -2.29. The van der Waals surface area contributed by atoms with Crippen LogP contribution in [0.5, 0.6) is 0 Å². The lowest BCUT2D eigenvalue weighted by atomic mass is 9.99. The molecule has 8 nitrogen and oxygen atoms in total. The van der Waals surface area contributed by atoms with E-state index in [2.05, 4.69) is 65.8 Å². The van der Waals surface area contributed by atoms with Gasteiger partial charge in [-0.2, -0.15) is 5.10 Å². The molecule has 2 fully saturated rings. The smallest absolute Gasteiger partial charge is 0.159 e. The molecule has 0 bridgehead atoms. The summed E-state index contributed by atoms with van der Waals surface area (Å²) in [5, 5.41) is 12.4. The quantitative estimate of drug-likeness (QED) is 0.391. The van der Waals surface area contributed by atoms with E-state index in [4.69, 9.17) is 4.98 Å². The molecule has 7 rings (SSSR count). The van der Waals surface area contributed by atoms with E-state index < -0.39 is 0 Å². The van der Waals surface area contributed by atoms with Crippen molar-refractivity contribution in [1.29, 1.82) is 0 Å². The fourth-order valence-corrected chi connectivity index (χ4v) is 5.87. The Bertz CT molecular complexity index is 1460. The van der Waals surface area contributed by atoms with Crippen molar-refractivity contribution in [2.75, 3.05) is 44.2 Å². The average molecular weight is 481 g/mol. The van der Waals surface area contributed by atoms with Crippen LogP contribution in [0.25, 0.3) is 39.0 Å². The number of benzene rings is 1. The number of nitrogens with zero attached hydrogens (tertiary/aromatic N) is 5. The van der Waals surface area contributed by atoms with Crippen molar-refractivity contribution in [2.45, 2.75) is 32.1 Å². The molecule has 0 spiro atoms. The topological polar surface area (TPSA) is 88.8 Å². The predicted molar refractivity (Wildman–Crippen MR) is 145 cm³/mol. The zero-order valence-electron chi connectivity index (χ0n) is 20.6. The van der Waals surface area contributed by atoms with Crippen LogP contribution in [0.1, 0.15) is 37.7 Å². The highest BCUT2D eigenvalue weighted by Gasteiger charge is 2.20. The number of likely N-dealkylation sites (tertiary alicyclic amines) is 1. The number of hydrogen-bond acceptors (Lipinski definition) is 6. The molecule has 1 aromatic carbocycles. The zero-order chi connectivity index (χ0) is 23.9. The highest BCUT2D eigenvalue weighted by molar-refractivity contribution is 5.97. The summed E-state index contributed by atoms with van der Waals surface area (Å²) in [5.74, 6) is 0.778. The Morgan fingerprint density at radius 2 is 1.78 bits per heavy atom. The maximum atomic E-state index is 5.03. The fourth-order valence-electron chi connectivity index (χ4n) is 5.87. The summed E-state index contributed by atoms with van der Waals surface area (Å²) in [6.07, 6.45) is 14.7. The number of rotatable bonds is 5. The fraction of sp³-hybridized carbons (Fsp3) is 0.393. The van der Waals surface area contributed by atoms with Crippen LogP contribution in [0.4, 0.5) is 5.69 Å². The molecule has 0 amide bonds. The summed E-state index contributed by atoms with van der Waals surface area (Å²) < 4.78 is 0. The first-order chi connectivity index (χ1) is 17.8. The van der Waals surface area contributed by atoms with Crippen molar-refractivity contribution in [3.05, 3.63) is 54.0 Å². The van der Waals surface area contributed by atoms with Gasteiger partial charge in [0.25, 0.3) is 0 Å². The minimum Gasteiger partial charge on any atom is -0.387 e. The van der Waals surface area contributed by atoms with E-state index >= 15 is 0 Å². The molecule has 4 aromatic rings. The van der Waals surface area contributed by atoms with E-state index in [-0.39, 0.29) is 0 Å². The molecule has 8 heteroatoms. The van der Waals surface area contributed by atoms with Gasteiger partial charge in [-0.15, -0.1) is 0 Å². The first kappa shape index (κ1) is 21.6. The van der Waals surface area contributed by atoms with Crippen LogP contribution in [0.2, 0.25) is 0 Å². The highest BCUT2D eigenvalue weighted by Crippen LogP contribution is 2.32. The number of anilines is 1. The molecule has 3 aliphatic heterocycles. The van der Waals surface area contributed by atoms with Crippen LogP contribution >= 0.6 is 0 Å². The number of fused-ring (bicyclic) bond motifs is 2. The standard InChI is InChI=1S/C28H32N8/c1-2-10-36(11-3-1)25-17-30-16-24-27(25)32-28(31-24)26-22-13-20(6-7-23(22)33-34-26)21-12-19(14-29-15-21)18-35-8-4-5-9-35/h6-7,12-13,15-17,29H,1-5,8-11,14,18H2,(H,31,32)(H,33,34). The molecule has 3 aromatic heterocycles. The largest absolute Gasteiger partial charge is 0.387 e. The third-order valence-electron chi connectivity index (χ3n) is 7.76. The van der Waals surface area contributed by atoms with Crippen molar-refractivity contribution in [1.82, 2.24) is 35.4 Å². The maximum absolute atomic E-state index is 5.03. The summed E-state index contributed by atoms with van der Waals surface area (Å²) >= 11 is 0. The highest BCUT2D eigenvalue weighted by atomic mass is 15.2. The van der Waals surface area contributed by atoms with Crippen LogP contribution in [0, 0.1) is 0 Å². The Hall–Kier alpha value is -3.65. The Morgan fingerprint density at radius 1 is 0.917 bits per heavy atom. The molecule has 3 aliphatic rings. The molecular formula is C28H32N8. The Kier molecular flexibility index (Phi) is 5.46. The number of allylic oxidation sites excluding steroid dienone is 2. The summed E-state index contributed by atoms with van der Waals surface area (Å²) in [6, 6.07) is 6.52. The average Bonchev–Trinajstić information content (AvgIpc) is 3.68. The van der Waals surface area contributed by atoms with Gasteiger partial charge in [0.2, 0.25) is 0 Å². The van der Waals surface area contributed by atoms with Crippen molar-refractivity contribution in [3.63, 3.8) is 0 Å². The van der Waals surface area contributed by atoms with Crippen molar-refractivity contribution >= 4 is 33.2 Å². The minimum atomic E-state index is 0.778. The van der Waals surface area contributed by atoms with Crippen LogP contribution < -0.4 is 10.2 Å². The second kappa shape index (κ2) is 9.09. The number of aromatic nitrogens is 5. The Balaban J connectivity index is 1.23. The van der Waals surface area contributed by atoms with Crippen molar-refractivity contribution in [3.8, 4) is 11.5 Å². The van der Waals surface area contributed by atoms with E-state index in [0.29, 0.717) is 0 Å². The predicted octanol–water partition coefficient (Wildman–Crippen LogP) is 4.46. The Morgan fingerprint density at radius 3 is 2.67 bits per heavy atom. The lowest BCUT2D eigenvalue weighted by Gasteiger charge is -2.28. The number of dihydropyridines is 1. The van der Waals surface area contributed by atoms with Crippen LogP contribution in [0.3, 0.4) is 0 Å². The Labute approximate surface area is 210 Å². The van der Waals surface area contributed by atoms with Gasteiger partial charge in [-0.25, -0.2) is 4.98 Å². The van der Waals surface area contributed by atoms with E-state index in [0.717, 1.165) is 65.3 Å². The molecule has 6 heterocycles. The third kappa shape index (κ3) is 3.95. The number of nitrogens with one attached hydrogen (secondary N) is 3. The number of H-pyrrole nitrogens is 2. The third-order valence-corrected chi connectivity index (χ3v) is 7.76. The molecule has 0 radical (unpaired) electrons. The molecule has 0 saturated carbocycles. The second-order valence-corrected chi connectivity index (χ2v) is 10.3. The first-order valence-corrected chi connectivity index (χ1v) is 13.2. The van der Waals surface area contributed by atoms with Gasteiger partial charge in [0.1, 0.15) is 11.2 Å². The van der Waals surface area contributed by atoms with E-state index in [1.807, 2.05) is 12.4 Å². The van der Waals surface area contributed by atoms with E-state index in [9.17, 15) is 0 Å². The van der Waals surface area contributed by atoms with Crippen molar-refractivity contribution in [2.24, 2.45) is 0 Å². The first-order valence-electron chi connectivity index (χ1n) is 13.2. The van der Waals surface area contributed by atoms with Gasteiger partial charge >= 0.3 is 0 Å². The van der Waals surface area contributed by atoms with Crippen molar-refractivity contribution < 1.29 is 0 Å². The van der Waals surface area contributed by atoms with Gasteiger partial charge in [0, 0.05) is 37.8 Å². The molecule has 0 unspecified atom stereocenters. The van der Waals surface area contributed by atoms with E-state index in [1.165, 1.54) is 61.9 Å². The maximum Gasteiger partial charge on any atom is 0.159 e. The molecule has 3 N–H and O–H groups in total. The molecule has 0 aliphatic carbocycles. The number of piperidine rings is 1. The van der Waals surface area contributed by atoms with Crippen LogP contribution in [-0.4, -0.2) is 69.3 Å². The summed E-state index contributed by atoms with van der Waals surface area (Å²) in [5.41, 5.74) is 8.74. The van der Waals surface area contributed by atoms with Gasteiger partial charge in [-0.05, 0) is 74.0 Å².